The molecule has 0 unspecified atom stereocenters. The zero-order valence-corrected chi connectivity index (χ0v) is 18.5. The van der Waals surface area contributed by atoms with Gasteiger partial charge in [-0.2, -0.15) is 0 Å². The molecule has 2 rings (SSSR count). The summed E-state index contributed by atoms with van der Waals surface area (Å²) in [6.45, 7) is 9.38. The number of esters is 1. The van der Waals surface area contributed by atoms with Crippen LogP contribution in [-0.2, 0) is 20.7 Å². The molecular formula is C25H33NO5. The minimum absolute atomic E-state index is 0.124. The monoisotopic (exact) mass is 427 g/mol. The number of carbonyl (C=O) groups is 2. The highest BCUT2D eigenvalue weighted by molar-refractivity contribution is 5.68. The van der Waals surface area contributed by atoms with Crippen molar-refractivity contribution < 1.29 is 24.2 Å². The number of hydrogen-bond acceptors (Lipinski definition) is 5. The van der Waals surface area contributed by atoms with E-state index in [1.54, 1.807) is 19.1 Å². The summed E-state index contributed by atoms with van der Waals surface area (Å²) in [5, 5.41) is 13.0. The van der Waals surface area contributed by atoms with Crippen molar-refractivity contribution in [3.63, 3.8) is 0 Å². The Labute approximate surface area is 185 Å². The van der Waals surface area contributed by atoms with E-state index in [-0.39, 0.29) is 18.6 Å². The number of benzene rings is 1. The molecule has 2 N–H and O–H groups in total. The molecule has 1 aliphatic carbocycles. The van der Waals surface area contributed by atoms with E-state index in [4.69, 9.17) is 4.74 Å². The van der Waals surface area contributed by atoms with Gasteiger partial charge < -0.3 is 19.9 Å². The molecule has 0 radical (unpaired) electrons. The standard InChI is InChI=1S/C19H23NO3.C4H8O2.C2H2/c1-3-7-14(8-4-2)13-23-19(22)20-16-11-15-9-5-6-10-17(15)18(21)12-16;1-3-6-4(2)5;1-2/h3-10,16,18,21H,1,11-13H2,2H3,(H,20,22);3H2,1-2H3;1-2H/b8-4-,14-7+;;/t16-,18-;;/m0../s1. The van der Waals surface area contributed by atoms with E-state index in [1.165, 1.54) is 6.92 Å². The van der Waals surface area contributed by atoms with Crippen LogP contribution in [0.1, 0.15) is 44.4 Å². The quantitative estimate of drug-likeness (QED) is 0.402. The Hall–Kier alpha value is -3.30. The summed E-state index contributed by atoms with van der Waals surface area (Å²) in [4.78, 5) is 21.8. The molecule has 0 aliphatic heterocycles. The fraction of sp³-hybridized carbons (Fsp3) is 0.360. The Bertz CT molecular complexity index is 779. The lowest BCUT2D eigenvalue weighted by Gasteiger charge is -2.29. The lowest BCUT2D eigenvalue weighted by molar-refractivity contribution is -0.140. The van der Waals surface area contributed by atoms with Gasteiger partial charge in [-0.1, -0.05) is 55.1 Å². The van der Waals surface area contributed by atoms with Crippen LogP contribution >= 0.6 is 0 Å². The molecular weight excluding hydrogens is 394 g/mol. The second-order valence-electron chi connectivity index (χ2n) is 6.47. The van der Waals surface area contributed by atoms with Gasteiger partial charge >= 0.3 is 12.1 Å². The number of aliphatic hydroxyl groups excluding tert-OH is 1. The lowest BCUT2D eigenvalue weighted by Crippen LogP contribution is -2.40. The van der Waals surface area contributed by atoms with Crippen LogP contribution in [0, 0.1) is 12.8 Å². The fourth-order valence-electron chi connectivity index (χ4n) is 2.98. The number of fused-ring (bicyclic) bond motifs is 1. The maximum atomic E-state index is 12.0. The lowest BCUT2D eigenvalue weighted by atomic mass is 9.86. The zero-order chi connectivity index (χ0) is 23.6. The molecule has 0 saturated heterocycles. The Balaban J connectivity index is 0.000000970. The molecule has 168 valence electrons. The van der Waals surface area contributed by atoms with Gasteiger partial charge in [0.15, 0.2) is 0 Å². The Kier molecular flexibility index (Phi) is 14.7. The Morgan fingerprint density at radius 3 is 2.52 bits per heavy atom. The van der Waals surface area contributed by atoms with Gasteiger partial charge in [0.1, 0.15) is 6.61 Å². The zero-order valence-electron chi connectivity index (χ0n) is 18.5. The first-order valence-electron chi connectivity index (χ1n) is 10.0. The molecule has 0 heterocycles. The predicted molar refractivity (Wildman–Crippen MR) is 123 cm³/mol. The summed E-state index contributed by atoms with van der Waals surface area (Å²) >= 11 is 0. The van der Waals surface area contributed by atoms with Gasteiger partial charge in [0.05, 0.1) is 12.7 Å². The normalized spacial score (nSPS) is 17.0. The first-order chi connectivity index (χ1) is 14.9. The molecule has 6 nitrogen and oxygen atoms in total. The molecule has 0 saturated carbocycles. The van der Waals surface area contributed by atoms with Crippen LogP contribution in [0.5, 0.6) is 0 Å². The van der Waals surface area contributed by atoms with Crippen LogP contribution in [0.3, 0.4) is 0 Å². The average Bonchev–Trinajstić information content (AvgIpc) is 2.74. The van der Waals surface area contributed by atoms with Gasteiger partial charge in [-0.25, -0.2) is 4.79 Å². The van der Waals surface area contributed by atoms with Gasteiger partial charge in [0.25, 0.3) is 0 Å². The minimum Gasteiger partial charge on any atom is -0.466 e. The van der Waals surface area contributed by atoms with Crippen molar-refractivity contribution in [1.29, 1.82) is 0 Å². The van der Waals surface area contributed by atoms with E-state index in [0.717, 1.165) is 16.7 Å². The second-order valence-corrected chi connectivity index (χ2v) is 6.47. The Morgan fingerprint density at radius 2 is 1.97 bits per heavy atom. The number of rotatable bonds is 6. The molecule has 31 heavy (non-hydrogen) atoms. The number of terminal acetylenes is 1. The number of aliphatic hydroxyl groups is 1. The SMILES string of the molecule is C#C.C=C/C=C(\C=C/C)COC(=O)N[C@H]1Cc2ccccc2[C@@H](O)C1.CCOC(C)=O. The molecule has 0 bridgehead atoms. The largest absolute Gasteiger partial charge is 0.466 e. The first-order valence-corrected chi connectivity index (χ1v) is 10.0. The van der Waals surface area contributed by atoms with E-state index in [1.807, 2.05) is 43.3 Å². The van der Waals surface area contributed by atoms with E-state index in [2.05, 4.69) is 29.5 Å². The van der Waals surface area contributed by atoms with E-state index < -0.39 is 12.2 Å². The number of carbonyl (C=O) groups excluding carboxylic acids is 2. The van der Waals surface area contributed by atoms with Crippen LogP contribution in [0.2, 0.25) is 0 Å². The van der Waals surface area contributed by atoms with E-state index in [9.17, 15) is 14.7 Å². The van der Waals surface area contributed by atoms with Gasteiger partial charge in [0.2, 0.25) is 0 Å². The molecule has 1 amide bonds. The topological polar surface area (TPSA) is 84.9 Å². The summed E-state index contributed by atoms with van der Waals surface area (Å²) in [5.74, 6) is -0.211. The van der Waals surface area contributed by atoms with Crippen LogP contribution in [-0.4, -0.2) is 36.4 Å². The minimum atomic E-state index is -0.551. The highest BCUT2D eigenvalue weighted by Gasteiger charge is 2.26. The number of alkyl carbamates (subject to hydrolysis) is 1. The van der Waals surface area contributed by atoms with Crippen LogP contribution in [0.15, 0.2) is 60.7 Å². The van der Waals surface area contributed by atoms with Crippen molar-refractivity contribution in [3.8, 4) is 12.8 Å². The van der Waals surface area contributed by atoms with Crippen molar-refractivity contribution in [2.45, 2.75) is 45.8 Å². The maximum absolute atomic E-state index is 12.0. The van der Waals surface area contributed by atoms with Crippen LogP contribution in [0.25, 0.3) is 0 Å². The van der Waals surface area contributed by atoms with Crippen molar-refractivity contribution in [2.24, 2.45) is 0 Å². The van der Waals surface area contributed by atoms with E-state index >= 15 is 0 Å². The predicted octanol–water partition coefficient (Wildman–Crippen LogP) is 4.27. The van der Waals surface area contributed by atoms with Gasteiger partial charge in [-0.3, -0.25) is 4.79 Å². The number of hydrogen-bond donors (Lipinski definition) is 2. The summed E-state index contributed by atoms with van der Waals surface area (Å²) in [6, 6.07) is 7.64. The molecule has 0 fully saturated rings. The van der Waals surface area contributed by atoms with Crippen molar-refractivity contribution in [1.82, 2.24) is 5.32 Å². The van der Waals surface area contributed by atoms with Gasteiger partial charge in [0, 0.05) is 13.0 Å². The van der Waals surface area contributed by atoms with Crippen molar-refractivity contribution in [3.05, 3.63) is 71.8 Å². The van der Waals surface area contributed by atoms with E-state index in [0.29, 0.717) is 19.4 Å². The van der Waals surface area contributed by atoms with Crippen LogP contribution in [0.4, 0.5) is 4.79 Å². The number of allylic oxidation sites excluding steroid dienone is 3. The molecule has 1 aliphatic rings. The average molecular weight is 428 g/mol. The summed E-state index contributed by atoms with van der Waals surface area (Å²) in [7, 11) is 0. The van der Waals surface area contributed by atoms with Crippen molar-refractivity contribution in [2.75, 3.05) is 13.2 Å². The molecule has 6 heteroatoms. The molecule has 1 aromatic rings. The Morgan fingerprint density at radius 1 is 1.29 bits per heavy atom. The third-order valence-corrected chi connectivity index (χ3v) is 4.14. The number of ether oxygens (including phenoxy) is 2. The van der Waals surface area contributed by atoms with Crippen LogP contribution < -0.4 is 5.32 Å². The molecule has 0 aromatic heterocycles. The van der Waals surface area contributed by atoms with Gasteiger partial charge in [-0.15, -0.1) is 12.8 Å². The maximum Gasteiger partial charge on any atom is 0.407 e. The van der Waals surface area contributed by atoms with Crippen molar-refractivity contribution >= 4 is 12.1 Å². The summed E-state index contributed by atoms with van der Waals surface area (Å²) < 4.78 is 9.64. The third kappa shape index (κ3) is 11.5. The van der Waals surface area contributed by atoms with Gasteiger partial charge in [-0.05, 0) is 43.4 Å². The third-order valence-electron chi connectivity index (χ3n) is 4.14. The second kappa shape index (κ2) is 16.5. The fourth-order valence-corrected chi connectivity index (χ4v) is 2.98. The summed E-state index contributed by atoms with van der Waals surface area (Å²) in [5.41, 5.74) is 2.88. The molecule has 1 aromatic carbocycles. The number of amides is 1. The highest BCUT2D eigenvalue weighted by Crippen LogP contribution is 2.29. The summed E-state index contributed by atoms with van der Waals surface area (Å²) in [6.07, 6.45) is 15.4. The molecule has 0 spiro atoms. The number of nitrogens with one attached hydrogen (secondary N) is 1. The highest BCUT2D eigenvalue weighted by atomic mass is 16.5. The smallest absolute Gasteiger partial charge is 0.407 e. The first kappa shape index (κ1) is 27.7. The molecule has 2 atom stereocenters.